The lowest BCUT2D eigenvalue weighted by atomic mass is 9.79. The highest BCUT2D eigenvalue weighted by Gasteiger charge is 2.38. The third kappa shape index (κ3) is 4.07. The standard InChI is InChI=1S/C18H30N2/c1-6-16(14-10-8-7-9-11-14)19-15-12-17(2,3)20-18(4,5)13-15/h7-11,15-16,19-20H,6,12-13H2,1-5H3. The van der Waals surface area contributed by atoms with Crippen LogP contribution in [0, 0.1) is 0 Å². The molecule has 0 bridgehead atoms. The van der Waals surface area contributed by atoms with Gasteiger partial charge in [-0.25, -0.2) is 0 Å². The summed E-state index contributed by atoms with van der Waals surface area (Å²) in [6, 6.07) is 11.9. The maximum Gasteiger partial charge on any atom is 0.0320 e. The number of piperidine rings is 1. The Hall–Kier alpha value is -0.860. The second-order valence-corrected chi connectivity index (χ2v) is 7.54. The smallest absolute Gasteiger partial charge is 0.0320 e. The normalized spacial score (nSPS) is 23.4. The summed E-state index contributed by atoms with van der Waals surface area (Å²) in [6.45, 7) is 11.5. The third-order valence-electron chi connectivity index (χ3n) is 4.24. The van der Waals surface area contributed by atoms with Crippen molar-refractivity contribution in [3.8, 4) is 0 Å². The first-order chi connectivity index (χ1) is 9.31. The first-order valence-electron chi connectivity index (χ1n) is 7.92. The minimum atomic E-state index is 0.203. The molecule has 0 radical (unpaired) electrons. The van der Waals surface area contributed by atoms with Gasteiger partial charge in [-0.15, -0.1) is 0 Å². The molecule has 112 valence electrons. The van der Waals surface area contributed by atoms with Crippen LogP contribution in [0.2, 0.25) is 0 Å². The van der Waals surface area contributed by atoms with E-state index in [0.29, 0.717) is 12.1 Å². The summed E-state index contributed by atoms with van der Waals surface area (Å²) in [5.74, 6) is 0. The van der Waals surface area contributed by atoms with E-state index in [-0.39, 0.29) is 11.1 Å². The van der Waals surface area contributed by atoms with Crippen LogP contribution in [0.1, 0.15) is 65.5 Å². The topological polar surface area (TPSA) is 24.1 Å². The van der Waals surface area contributed by atoms with E-state index in [9.17, 15) is 0 Å². The van der Waals surface area contributed by atoms with E-state index in [1.807, 2.05) is 0 Å². The molecule has 2 rings (SSSR count). The van der Waals surface area contributed by atoms with Crippen molar-refractivity contribution in [2.24, 2.45) is 0 Å². The maximum absolute atomic E-state index is 3.89. The first kappa shape index (κ1) is 15.5. The van der Waals surface area contributed by atoms with Crippen LogP contribution in [0.5, 0.6) is 0 Å². The van der Waals surface area contributed by atoms with Gasteiger partial charge in [-0.2, -0.15) is 0 Å². The molecule has 2 nitrogen and oxygen atoms in total. The lowest BCUT2D eigenvalue weighted by Gasteiger charge is -2.47. The Balaban J connectivity index is 2.08. The van der Waals surface area contributed by atoms with Gasteiger partial charge in [0.25, 0.3) is 0 Å². The van der Waals surface area contributed by atoms with E-state index in [4.69, 9.17) is 0 Å². The fourth-order valence-electron chi connectivity index (χ4n) is 3.86. The fraction of sp³-hybridized carbons (Fsp3) is 0.667. The van der Waals surface area contributed by atoms with Gasteiger partial charge in [0.05, 0.1) is 0 Å². The minimum absolute atomic E-state index is 0.203. The van der Waals surface area contributed by atoms with Crippen LogP contribution in [0.15, 0.2) is 30.3 Å². The zero-order valence-corrected chi connectivity index (χ0v) is 13.7. The van der Waals surface area contributed by atoms with E-state index in [0.717, 1.165) is 6.42 Å². The summed E-state index contributed by atoms with van der Waals surface area (Å²) in [5.41, 5.74) is 1.81. The number of hydrogen-bond donors (Lipinski definition) is 2. The molecule has 1 atom stereocenters. The first-order valence-corrected chi connectivity index (χ1v) is 7.92. The zero-order chi connectivity index (χ0) is 14.8. The van der Waals surface area contributed by atoms with Crippen LogP contribution in [0.3, 0.4) is 0 Å². The molecule has 2 N–H and O–H groups in total. The summed E-state index contributed by atoms with van der Waals surface area (Å²) in [6.07, 6.45) is 3.49. The highest BCUT2D eigenvalue weighted by molar-refractivity contribution is 5.19. The van der Waals surface area contributed by atoms with Crippen molar-refractivity contribution in [1.82, 2.24) is 10.6 Å². The molecule has 20 heavy (non-hydrogen) atoms. The quantitative estimate of drug-likeness (QED) is 0.866. The highest BCUT2D eigenvalue weighted by atomic mass is 15.1. The molecule has 0 saturated carbocycles. The van der Waals surface area contributed by atoms with Crippen LogP contribution < -0.4 is 10.6 Å². The summed E-state index contributed by atoms with van der Waals surface area (Å²) >= 11 is 0. The molecule has 1 saturated heterocycles. The number of rotatable bonds is 4. The fourth-order valence-corrected chi connectivity index (χ4v) is 3.86. The van der Waals surface area contributed by atoms with Crippen molar-refractivity contribution in [3.05, 3.63) is 35.9 Å². The van der Waals surface area contributed by atoms with Crippen LogP contribution in [0.4, 0.5) is 0 Å². The van der Waals surface area contributed by atoms with Gasteiger partial charge in [-0.3, -0.25) is 0 Å². The van der Waals surface area contributed by atoms with E-state index in [1.165, 1.54) is 18.4 Å². The van der Waals surface area contributed by atoms with Crippen LogP contribution in [-0.4, -0.2) is 17.1 Å². The molecule has 0 amide bonds. The lowest BCUT2D eigenvalue weighted by molar-refractivity contribution is 0.139. The van der Waals surface area contributed by atoms with Crippen molar-refractivity contribution in [2.75, 3.05) is 0 Å². The summed E-state index contributed by atoms with van der Waals surface area (Å²) < 4.78 is 0. The van der Waals surface area contributed by atoms with Gasteiger partial charge in [0.15, 0.2) is 0 Å². The molecule has 1 heterocycles. The molecule has 0 spiro atoms. The predicted molar refractivity (Wildman–Crippen MR) is 86.9 cm³/mol. The van der Waals surface area contributed by atoms with Crippen molar-refractivity contribution in [2.45, 2.75) is 77.0 Å². The van der Waals surface area contributed by atoms with Gasteiger partial charge in [0.2, 0.25) is 0 Å². The second-order valence-electron chi connectivity index (χ2n) is 7.54. The molecule has 1 aromatic carbocycles. The SMILES string of the molecule is CCC(NC1CC(C)(C)NC(C)(C)C1)c1ccccc1. The molecule has 1 unspecified atom stereocenters. The minimum Gasteiger partial charge on any atom is -0.307 e. The monoisotopic (exact) mass is 274 g/mol. The molecule has 1 aliphatic rings. The van der Waals surface area contributed by atoms with Crippen molar-refractivity contribution >= 4 is 0 Å². The third-order valence-corrected chi connectivity index (χ3v) is 4.24. The van der Waals surface area contributed by atoms with Crippen molar-refractivity contribution in [3.63, 3.8) is 0 Å². The zero-order valence-electron chi connectivity index (χ0n) is 13.7. The van der Waals surface area contributed by atoms with Gasteiger partial charge in [0.1, 0.15) is 0 Å². The second kappa shape index (κ2) is 5.87. The molecular formula is C18H30N2. The molecule has 1 fully saturated rings. The Labute approximate surface area is 124 Å². The molecule has 1 aliphatic heterocycles. The predicted octanol–water partition coefficient (Wildman–Crippen LogP) is 4.04. The van der Waals surface area contributed by atoms with Crippen LogP contribution in [-0.2, 0) is 0 Å². The summed E-state index contributed by atoms with van der Waals surface area (Å²) in [5, 5.41) is 7.65. The molecule has 2 heteroatoms. The Morgan fingerprint density at radius 1 is 1.10 bits per heavy atom. The molecule has 1 aromatic rings. The maximum atomic E-state index is 3.89. The van der Waals surface area contributed by atoms with Gasteiger partial charge in [0, 0.05) is 23.2 Å². The van der Waals surface area contributed by atoms with E-state index in [1.54, 1.807) is 0 Å². The Morgan fingerprint density at radius 3 is 2.15 bits per heavy atom. The van der Waals surface area contributed by atoms with Crippen molar-refractivity contribution in [1.29, 1.82) is 0 Å². The Morgan fingerprint density at radius 2 is 1.65 bits per heavy atom. The average molecular weight is 274 g/mol. The highest BCUT2D eigenvalue weighted by Crippen LogP contribution is 2.30. The molecule has 0 aliphatic carbocycles. The lowest BCUT2D eigenvalue weighted by Crippen LogP contribution is -2.61. The van der Waals surface area contributed by atoms with Crippen LogP contribution >= 0.6 is 0 Å². The number of hydrogen-bond acceptors (Lipinski definition) is 2. The Bertz CT molecular complexity index is 406. The summed E-state index contributed by atoms with van der Waals surface area (Å²) in [4.78, 5) is 0. The van der Waals surface area contributed by atoms with Crippen molar-refractivity contribution < 1.29 is 0 Å². The van der Waals surface area contributed by atoms with E-state index >= 15 is 0 Å². The summed E-state index contributed by atoms with van der Waals surface area (Å²) in [7, 11) is 0. The Kier molecular flexibility index (Phi) is 4.55. The molecule has 0 aromatic heterocycles. The number of nitrogens with one attached hydrogen (secondary N) is 2. The van der Waals surface area contributed by atoms with Gasteiger partial charge in [-0.05, 0) is 52.5 Å². The average Bonchev–Trinajstić information content (AvgIpc) is 2.33. The van der Waals surface area contributed by atoms with Gasteiger partial charge < -0.3 is 10.6 Å². The molecular weight excluding hydrogens is 244 g/mol. The largest absolute Gasteiger partial charge is 0.307 e. The van der Waals surface area contributed by atoms with Crippen LogP contribution in [0.25, 0.3) is 0 Å². The van der Waals surface area contributed by atoms with E-state index in [2.05, 4.69) is 75.6 Å². The van der Waals surface area contributed by atoms with Gasteiger partial charge >= 0.3 is 0 Å². The van der Waals surface area contributed by atoms with E-state index < -0.39 is 0 Å². The number of benzene rings is 1. The van der Waals surface area contributed by atoms with Gasteiger partial charge in [-0.1, -0.05) is 37.3 Å².